The molecule has 6 heteroatoms. The zero-order valence-electron chi connectivity index (χ0n) is 19.4. The normalized spacial score (nSPS) is 45.0. The molecule has 3 fully saturated rings. The maximum atomic E-state index is 13.1. The molecule has 3 aliphatic rings. The molecule has 0 N–H and O–H groups in total. The lowest BCUT2D eigenvalue weighted by Gasteiger charge is -2.67. The molecule has 6 nitrogen and oxygen atoms in total. The standard InChI is InChI=1S/C24H36O6/c1-9-23(7)18(27)12-17-22(6)11-10-19(28-14(2)25)21(4,5)16(22)13-20(29-15(3)26)24(17,8)30-23/h9,16-17,19-20H,1,10-13H2,2-8H3/t16-,17+,19+,20-,22-,23+,24-/m1/s1. The number of carbonyl (C=O) groups excluding carboxylic acids is 3. The minimum atomic E-state index is -1.10. The van der Waals surface area contributed by atoms with Crippen molar-refractivity contribution in [1.29, 1.82) is 0 Å². The summed E-state index contributed by atoms with van der Waals surface area (Å²) in [4.78, 5) is 36.8. The van der Waals surface area contributed by atoms with Crippen LogP contribution in [-0.2, 0) is 28.6 Å². The molecule has 0 radical (unpaired) electrons. The SMILES string of the molecule is C=C[C@]1(C)O[C@@]2(C)[C@H](OC(C)=O)C[C@@H]3C(C)(C)[C@@H](OC(C)=O)CC[C@@]3(C)[C@@H]2CC1=O. The molecule has 0 aromatic rings. The first-order valence-electron chi connectivity index (χ1n) is 10.9. The summed E-state index contributed by atoms with van der Waals surface area (Å²) in [7, 11) is 0. The van der Waals surface area contributed by atoms with Gasteiger partial charge in [0.1, 0.15) is 23.4 Å². The summed E-state index contributed by atoms with van der Waals surface area (Å²) < 4.78 is 18.0. The molecule has 7 atom stereocenters. The predicted octanol–water partition coefficient (Wildman–Crippen LogP) is 4.01. The van der Waals surface area contributed by atoms with Crippen molar-refractivity contribution in [2.24, 2.45) is 22.7 Å². The predicted molar refractivity (Wildman–Crippen MR) is 112 cm³/mol. The highest BCUT2D eigenvalue weighted by Crippen LogP contribution is 2.66. The van der Waals surface area contributed by atoms with E-state index in [2.05, 4.69) is 27.4 Å². The van der Waals surface area contributed by atoms with Crippen molar-refractivity contribution in [3.05, 3.63) is 12.7 Å². The van der Waals surface area contributed by atoms with Crippen LogP contribution in [0.25, 0.3) is 0 Å². The first kappa shape index (κ1) is 23.0. The van der Waals surface area contributed by atoms with E-state index >= 15 is 0 Å². The van der Waals surface area contributed by atoms with E-state index in [9.17, 15) is 14.4 Å². The Labute approximate surface area is 179 Å². The molecule has 0 aromatic carbocycles. The second kappa shape index (κ2) is 7.18. The molecular formula is C24H36O6. The molecule has 30 heavy (non-hydrogen) atoms. The van der Waals surface area contributed by atoms with Gasteiger partial charge in [0.05, 0.1) is 0 Å². The zero-order valence-corrected chi connectivity index (χ0v) is 19.4. The Hall–Kier alpha value is -1.69. The first-order chi connectivity index (χ1) is 13.7. The molecule has 0 aromatic heterocycles. The van der Waals surface area contributed by atoms with E-state index < -0.39 is 17.3 Å². The maximum Gasteiger partial charge on any atom is 0.303 e. The summed E-state index contributed by atoms with van der Waals surface area (Å²) in [5.74, 6) is -0.675. The molecule has 168 valence electrons. The van der Waals surface area contributed by atoms with Crippen LogP contribution in [0.1, 0.15) is 74.1 Å². The Morgan fingerprint density at radius 3 is 2.13 bits per heavy atom. The second-order valence-corrected chi connectivity index (χ2v) is 10.6. The van der Waals surface area contributed by atoms with Crippen molar-refractivity contribution in [3.8, 4) is 0 Å². The van der Waals surface area contributed by atoms with Crippen molar-refractivity contribution in [1.82, 2.24) is 0 Å². The van der Waals surface area contributed by atoms with Crippen LogP contribution < -0.4 is 0 Å². The molecule has 1 aliphatic heterocycles. The Balaban J connectivity index is 2.09. The number of esters is 2. The van der Waals surface area contributed by atoms with Gasteiger partial charge in [-0.3, -0.25) is 14.4 Å². The van der Waals surface area contributed by atoms with Gasteiger partial charge in [-0.25, -0.2) is 0 Å². The lowest BCUT2D eigenvalue weighted by Crippen LogP contribution is -2.71. The van der Waals surface area contributed by atoms with E-state index in [4.69, 9.17) is 14.2 Å². The summed E-state index contributed by atoms with van der Waals surface area (Å²) in [5, 5.41) is 0. The Morgan fingerprint density at radius 1 is 1.03 bits per heavy atom. The summed E-state index contributed by atoms with van der Waals surface area (Å²) in [6, 6.07) is 0. The summed E-state index contributed by atoms with van der Waals surface area (Å²) in [5.41, 5.74) is -2.46. The quantitative estimate of drug-likeness (QED) is 0.507. The molecule has 0 unspecified atom stereocenters. The van der Waals surface area contributed by atoms with Gasteiger partial charge < -0.3 is 14.2 Å². The van der Waals surface area contributed by atoms with Crippen molar-refractivity contribution >= 4 is 17.7 Å². The second-order valence-electron chi connectivity index (χ2n) is 10.6. The van der Waals surface area contributed by atoms with Crippen LogP contribution in [0.2, 0.25) is 0 Å². The monoisotopic (exact) mass is 420 g/mol. The first-order valence-corrected chi connectivity index (χ1v) is 10.9. The number of Topliss-reactive ketones (excluding diaryl/α,β-unsaturated/α-hetero) is 1. The molecule has 0 spiro atoms. The average molecular weight is 421 g/mol. The topological polar surface area (TPSA) is 78.9 Å². The van der Waals surface area contributed by atoms with Gasteiger partial charge in [-0.1, -0.05) is 33.4 Å². The van der Waals surface area contributed by atoms with E-state index in [1.807, 2.05) is 6.92 Å². The van der Waals surface area contributed by atoms with Crippen LogP contribution in [0.3, 0.4) is 0 Å². The molecule has 1 saturated heterocycles. The number of ketones is 1. The van der Waals surface area contributed by atoms with Gasteiger partial charge in [-0.15, -0.1) is 0 Å². The molecule has 3 rings (SSSR count). The van der Waals surface area contributed by atoms with Gasteiger partial charge in [0.15, 0.2) is 5.78 Å². The van der Waals surface area contributed by atoms with E-state index in [0.29, 0.717) is 12.8 Å². The van der Waals surface area contributed by atoms with Crippen molar-refractivity contribution in [3.63, 3.8) is 0 Å². The fraction of sp³-hybridized carbons (Fsp3) is 0.792. The van der Waals surface area contributed by atoms with Crippen LogP contribution >= 0.6 is 0 Å². The van der Waals surface area contributed by atoms with Gasteiger partial charge in [0.25, 0.3) is 0 Å². The van der Waals surface area contributed by atoms with Crippen molar-refractivity contribution in [2.75, 3.05) is 0 Å². The third kappa shape index (κ3) is 3.31. The highest BCUT2D eigenvalue weighted by atomic mass is 16.6. The number of fused-ring (bicyclic) bond motifs is 3. The molecule has 2 aliphatic carbocycles. The van der Waals surface area contributed by atoms with Crippen LogP contribution in [0, 0.1) is 22.7 Å². The highest BCUT2D eigenvalue weighted by Gasteiger charge is 2.69. The smallest absolute Gasteiger partial charge is 0.303 e. The summed E-state index contributed by atoms with van der Waals surface area (Å²) in [6.07, 6.45) is 3.32. The van der Waals surface area contributed by atoms with Gasteiger partial charge in [0, 0.05) is 31.6 Å². The van der Waals surface area contributed by atoms with Gasteiger partial charge in [-0.05, 0) is 44.4 Å². The van der Waals surface area contributed by atoms with Crippen molar-refractivity contribution in [2.45, 2.75) is 97.6 Å². The van der Waals surface area contributed by atoms with E-state index in [1.165, 1.54) is 13.8 Å². The van der Waals surface area contributed by atoms with Crippen LogP contribution in [0.4, 0.5) is 0 Å². The minimum absolute atomic E-state index is 0.00309. The third-order valence-corrected chi connectivity index (χ3v) is 8.43. The summed E-state index contributed by atoms with van der Waals surface area (Å²) in [6.45, 7) is 16.8. The highest BCUT2D eigenvalue weighted by molar-refractivity contribution is 5.90. The molecule has 0 bridgehead atoms. The van der Waals surface area contributed by atoms with Gasteiger partial charge in [-0.2, -0.15) is 0 Å². The van der Waals surface area contributed by atoms with E-state index in [-0.39, 0.29) is 46.5 Å². The van der Waals surface area contributed by atoms with E-state index in [1.54, 1.807) is 13.0 Å². The molecular weight excluding hydrogens is 384 g/mol. The maximum absolute atomic E-state index is 13.1. The number of hydrogen-bond acceptors (Lipinski definition) is 6. The minimum Gasteiger partial charge on any atom is -0.462 e. The fourth-order valence-electron chi connectivity index (χ4n) is 6.79. The Kier molecular flexibility index (Phi) is 5.50. The number of ether oxygens (including phenoxy) is 3. The zero-order chi connectivity index (χ0) is 22.7. The lowest BCUT2D eigenvalue weighted by atomic mass is 9.43. The summed E-state index contributed by atoms with van der Waals surface area (Å²) >= 11 is 0. The average Bonchev–Trinajstić information content (AvgIpc) is 2.62. The third-order valence-electron chi connectivity index (χ3n) is 8.43. The van der Waals surface area contributed by atoms with E-state index in [0.717, 1.165) is 12.8 Å². The van der Waals surface area contributed by atoms with Gasteiger partial charge in [0.2, 0.25) is 0 Å². The van der Waals surface area contributed by atoms with Gasteiger partial charge >= 0.3 is 11.9 Å². The fourth-order valence-corrected chi connectivity index (χ4v) is 6.79. The Bertz CT molecular complexity index is 772. The number of carbonyl (C=O) groups is 3. The van der Waals surface area contributed by atoms with Crippen LogP contribution in [-0.4, -0.2) is 41.1 Å². The van der Waals surface area contributed by atoms with Crippen LogP contribution in [0.5, 0.6) is 0 Å². The molecule has 2 saturated carbocycles. The molecule has 0 amide bonds. The largest absolute Gasteiger partial charge is 0.462 e. The van der Waals surface area contributed by atoms with Crippen molar-refractivity contribution < 1.29 is 28.6 Å². The lowest BCUT2D eigenvalue weighted by molar-refractivity contribution is -0.289. The number of rotatable bonds is 3. The van der Waals surface area contributed by atoms with Crippen LogP contribution in [0.15, 0.2) is 12.7 Å². The number of hydrogen-bond donors (Lipinski definition) is 0. The Morgan fingerprint density at radius 2 is 1.60 bits per heavy atom. The molecule has 1 heterocycles.